The SMILES string of the molecule is CCOC(=O)c1cn(C2SC=CN2C)c2nc(C)ccc2c1=O. The lowest BCUT2D eigenvalue weighted by Crippen LogP contribution is -2.26. The van der Waals surface area contributed by atoms with Crippen LogP contribution >= 0.6 is 11.8 Å². The summed E-state index contributed by atoms with van der Waals surface area (Å²) in [5.41, 5.74) is 0.969. The number of carbonyl (C=O) groups excluding carboxylic acids is 1. The minimum Gasteiger partial charge on any atom is -0.462 e. The summed E-state index contributed by atoms with van der Waals surface area (Å²) in [6.45, 7) is 3.81. The number of esters is 1. The van der Waals surface area contributed by atoms with Crippen molar-refractivity contribution in [3.05, 3.63) is 51.4 Å². The average molecular weight is 331 g/mol. The van der Waals surface area contributed by atoms with Crippen molar-refractivity contribution in [1.29, 1.82) is 0 Å². The molecule has 120 valence electrons. The van der Waals surface area contributed by atoms with E-state index in [1.807, 2.05) is 35.0 Å². The molecule has 0 amide bonds. The van der Waals surface area contributed by atoms with Gasteiger partial charge < -0.3 is 14.2 Å². The lowest BCUT2D eigenvalue weighted by atomic mass is 10.2. The maximum absolute atomic E-state index is 12.6. The minimum atomic E-state index is -0.604. The maximum atomic E-state index is 12.6. The quantitative estimate of drug-likeness (QED) is 0.805. The second-order valence-corrected chi connectivity index (χ2v) is 6.20. The van der Waals surface area contributed by atoms with Crippen LogP contribution in [0, 0.1) is 6.92 Å². The summed E-state index contributed by atoms with van der Waals surface area (Å²) < 4.78 is 6.87. The Morgan fingerprint density at radius 1 is 1.43 bits per heavy atom. The third-order valence-corrected chi connectivity index (χ3v) is 4.68. The number of thioether (sulfide) groups is 1. The van der Waals surface area contributed by atoms with E-state index in [1.54, 1.807) is 37.0 Å². The summed E-state index contributed by atoms with van der Waals surface area (Å²) in [6, 6.07) is 3.49. The molecule has 0 aliphatic carbocycles. The van der Waals surface area contributed by atoms with E-state index >= 15 is 0 Å². The fourth-order valence-electron chi connectivity index (χ4n) is 2.48. The molecule has 23 heavy (non-hydrogen) atoms. The normalized spacial score (nSPS) is 17.0. The van der Waals surface area contributed by atoms with Crippen LogP contribution in [0.15, 0.2) is 34.7 Å². The number of fused-ring (bicyclic) bond motifs is 1. The van der Waals surface area contributed by atoms with Crippen LogP contribution in [0.1, 0.15) is 28.5 Å². The fraction of sp³-hybridized carbons (Fsp3) is 0.312. The predicted octanol–water partition coefficient (Wildman–Crippen LogP) is 2.49. The van der Waals surface area contributed by atoms with E-state index in [9.17, 15) is 9.59 Å². The largest absolute Gasteiger partial charge is 0.462 e. The summed E-state index contributed by atoms with van der Waals surface area (Å²) >= 11 is 1.58. The number of carbonyl (C=O) groups is 1. The van der Waals surface area contributed by atoms with E-state index in [0.29, 0.717) is 11.0 Å². The van der Waals surface area contributed by atoms with Gasteiger partial charge in [0, 0.05) is 25.1 Å². The van der Waals surface area contributed by atoms with Crippen molar-refractivity contribution in [3.8, 4) is 0 Å². The number of aryl methyl sites for hydroxylation is 1. The zero-order chi connectivity index (χ0) is 16.6. The first-order valence-electron chi connectivity index (χ1n) is 7.26. The molecule has 2 aromatic heterocycles. The fourth-order valence-corrected chi connectivity index (χ4v) is 3.43. The van der Waals surface area contributed by atoms with Gasteiger partial charge >= 0.3 is 5.97 Å². The highest BCUT2D eigenvalue weighted by atomic mass is 32.2. The van der Waals surface area contributed by atoms with Crippen LogP contribution in [0.2, 0.25) is 0 Å². The molecular weight excluding hydrogens is 314 g/mol. The molecule has 0 radical (unpaired) electrons. The van der Waals surface area contributed by atoms with Gasteiger partial charge in [0.25, 0.3) is 0 Å². The highest BCUT2D eigenvalue weighted by Gasteiger charge is 2.24. The Morgan fingerprint density at radius 2 is 2.22 bits per heavy atom. The van der Waals surface area contributed by atoms with Gasteiger partial charge in [-0.15, -0.1) is 0 Å². The van der Waals surface area contributed by atoms with Crippen molar-refractivity contribution in [3.63, 3.8) is 0 Å². The number of aromatic nitrogens is 2. The third kappa shape index (κ3) is 2.72. The number of pyridine rings is 2. The summed E-state index contributed by atoms with van der Waals surface area (Å²) in [5, 5.41) is 2.39. The predicted molar refractivity (Wildman–Crippen MR) is 90.2 cm³/mol. The third-order valence-electron chi connectivity index (χ3n) is 3.59. The van der Waals surface area contributed by atoms with Gasteiger partial charge in [-0.2, -0.15) is 0 Å². The van der Waals surface area contributed by atoms with Gasteiger partial charge in [0.15, 0.2) is 5.50 Å². The Bertz CT molecular complexity index is 860. The molecule has 0 spiro atoms. The van der Waals surface area contributed by atoms with Gasteiger partial charge in [-0.05, 0) is 31.4 Å². The molecule has 1 aliphatic rings. The molecule has 0 bridgehead atoms. The van der Waals surface area contributed by atoms with Crippen LogP contribution in [-0.2, 0) is 4.74 Å². The number of ether oxygens (including phenoxy) is 1. The number of nitrogens with zero attached hydrogens (tertiary/aromatic N) is 3. The number of hydrogen-bond acceptors (Lipinski definition) is 6. The zero-order valence-corrected chi connectivity index (χ0v) is 14.0. The standard InChI is InChI=1S/C16H17N3O3S/c1-4-22-15(21)12-9-19(16-18(3)7-8-23-16)14-11(13(12)20)6-5-10(2)17-14/h5-9,16H,4H2,1-3H3. The van der Waals surface area contributed by atoms with E-state index in [0.717, 1.165) is 5.69 Å². The van der Waals surface area contributed by atoms with Crippen LogP contribution in [0.25, 0.3) is 11.0 Å². The Kier molecular flexibility index (Phi) is 4.12. The van der Waals surface area contributed by atoms with E-state index in [-0.39, 0.29) is 23.1 Å². The van der Waals surface area contributed by atoms with Gasteiger partial charge in [0.05, 0.1) is 12.0 Å². The topological polar surface area (TPSA) is 64.4 Å². The first-order chi connectivity index (χ1) is 11.0. The van der Waals surface area contributed by atoms with Gasteiger partial charge in [-0.3, -0.25) is 4.79 Å². The summed E-state index contributed by atoms with van der Waals surface area (Å²) in [4.78, 5) is 31.2. The maximum Gasteiger partial charge on any atom is 0.343 e. The van der Waals surface area contributed by atoms with Gasteiger partial charge in [-0.25, -0.2) is 9.78 Å². The highest BCUT2D eigenvalue weighted by Crippen LogP contribution is 2.34. The Hall–Kier alpha value is -2.28. The Labute approximate surface area is 137 Å². The summed E-state index contributed by atoms with van der Waals surface area (Å²) in [5.74, 6) is -0.604. The van der Waals surface area contributed by atoms with Crippen LogP contribution in [-0.4, -0.2) is 34.1 Å². The van der Waals surface area contributed by atoms with Crippen LogP contribution < -0.4 is 5.43 Å². The molecule has 1 atom stereocenters. The molecular formula is C16H17N3O3S. The second kappa shape index (κ2) is 6.08. The molecule has 2 aromatic rings. The Morgan fingerprint density at radius 3 is 2.87 bits per heavy atom. The van der Waals surface area contributed by atoms with E-state index in [2.05, 4.69) is 4.98 Å². The zero-order valence-electron chi connectivity index (χ0n) is 13.1. The summed E-state index contributed by atoms with van der Waals surface area (Å²) in [6.07, 6.45) is 3.50. The molecule has 3 rings (SSSR count). The smallest absolute Gasteiger partial charge is 0.343 e. The lowest BCUT2D eigenvalue weighted by molar-refractivity contribution is 0.0524. The molecule has 0 saturated carbocycles. The van der Waals surface area contributed by atoms with E-state index in [1.165, 1.54) is 0 Å². The van der Waals surface area contributed by atoms with Crippen LogP contribution in [0.3, 0.4) is 0 Å². The number of rotatable bonds is 3. The monoisotopic (exact) mass is 331 g/mol. The second-order valence-electron chi connectivity index (χ2n) is 5.24. The van der Waals surface area contributed by atoms with Gasteiger partial charge in [0.1, 0.15) is 11.2 Å². The van der Waals surface area contributed by atoms with E-state index in [4.69, 9.17) is 4.74 Å². The first-order valence-corrected chi connectivity index (χ1v) is 8.21. The Balaban J connectivity index is 2.27. The summed E-state index contributed by atoms with van der Waals surface area (Å²) in [7, 11) is 1.94. The molecule has 1 aliphatic heterocycles. The molecule has 0 fully saturated rings. The van der Waals surface area contributed by atoms with Crippen molar-refractivity contribution in [1.82, 2.24) is 14.5 Å². The van der Waals surface area contributed by atoms with Crippen LogP contribution in [0.5, 0.6) is 0 Å². The first kappa shape index (κ1) is 15.6. The van der Waals surface area contributed by atoms with Gasteiger partial charge in [0.2, 0.25) is 5.43 Å². The van der Waals surface area contributed by atoms with Crippen molar-refractivity contribution < 1.29 is 9.53 Å². The highest BCUT2D eigenvalue weighted by molar-refractivity contribution is 8.02. The molecule has 6 nitrogen and oxygen atoms in total. The van der Waals surface area contributed by atoms with Crippen molar-refractivity contribution in [2.75, 3.05) is 13.7 Å². The molecule has 3 heterocycles. The van der Waals surface area contributed by atoms with Crippen molar-refractivity contribution in [2.24, 2.45) is 0 Å². The van der Waals surface area contributed by atoms with Crippen LogP contribution in [0.4, 0.5) is 0 Å². The molecule has 1 unspecified atom stereocenters. The minimum absolute atomic E-state index is 0.0332. The van der Waals surface area contributed by atoms with Crippen molar-refractivity contribution >= 4 is 28.8 Å². The molecule has 0 saturated heterocycles. The lowest BCUT2D eigenvalue weighted by Gasteiger charge is -2.24. The molecule has 0 aromatic carbocycles. The van der Waals surface area contributed by atoms with Gasteiger partial charge in [-0.1, -0.05) is 11.8 Å². The average Bonchev–Trinajstić information content (AvgIpc) is 2.94. The molecule has 0 N–H and O–H groups in total. The van der Waals surface area contributed by atoms with E-state index < -0.39 is 5.97 Å². The number of hydrogen-bond donors (Lipinski definition) is 0. The van der Waals surface area contributed by atoms with Crippen molar-refractivity contribution in [2.45, 2.75) is 19.3 Å². The molecule has 7 heteroatoms.